The predicted molar refractivity (Wildman–Crippen MR) is 59.8 cm³/mol. The van der Waals surface area contributed by atoms with E-state index in [1.165, 1.54) is 18.3 Å². The molecule has 0 aliphatic rings. The summed E-state index contributed by atoms with van der Waals surface area (Å²) in [6.45, 7) is 2.98. The van der Waals surface area contributed by atoms with Gasteiger partial charge in [0.25, 0.3) is 5.91 Å². The van der Waals surface area contributed by atoms with Crippen LogP contribution in [0.2, 0.25) is 0 Å². The fraction of sp³-hybridized carbons (Fsp3) is 0.364. The Kier molecular flexibility index (Phi) is 3.80. The first kappa shape index (κ1) is 13.1. The van der Waals surface area contributed by atoms with Crippen molar-refractivity contribution >= 4 is 11.9 Å². The quantitative estimate of drug-likeness (QED) is 0.699. The number of carbonyl (C=O) groups excluding carboxylic acids is 1. The van der Waals surface area contributed by atoms with Gasteiger partial charge in [0.05, 0.1) is 17.7 Å². The zero-order chi connectivity index (χ0) is 13.1. The number of amides is 1. The predicted octanol–water partition coefficient (Wildman–Crippen LogP) is 0.280. The molecule has 0 atom stereocenters. The van der Waals surface area contributed by atoms with Gasteiger partial charge in [0, 0.05) is 6.20 Å². The second kappa shape index (κ2) is 4.92. The minimum atomic E-state index is -1.22. The van der Waals surface area contributed by atoms with Crippen molar-refractivity contribution in [3.05, 3.63) is 29.6 Å². The van der Waals surface area contributed by atoms with Crippen LogP contribution >= 0.6 is 0 Å². The van der Waals surface area contributed by atoms with Crippen LogP contribution in [0.1, 0.15) is 34.7 Å². The Morgan fingerprint density at radius 1 is 1.47 bits per heavy atom. The first-order valence-electron chi connectivity index (χ1n) is 4.99. The minimum Gasteiger partial charge on any atom is -0.478 e. The van der Waals surface area contributed by atoms with Crippen molar-refractivity contribution in [2.24, 2.45) is 0 Å². The second-order valence-corrected chi connectivity index (χ2v) is 4.20. The number of pyridine rings is 1. The normalized spacial score (nSPS) is 11.0. The highest BCUT2D eigenvalue weighted by atomic mass is 16.4. The zero-order valence-electron chi connectivity index (χ0n) is 9.60. The molecule has 1 aromatic heterocycles. The van der Waals surface area contributed by atoms with E-state index in [2.05, 4.69) is 10.3 Å². The number of aliphatic hydroxyl groups is 1. The Morgan fingerprint density at radius 3 is 2.65 bits per heavy atom. The Balaban J connectivity index is 3.01. The Hall–Kier alpha value is -1.95. The Morgan fingerprint density at radius 2 is 2.12 bits per heavy atom. The fourth-order valence-corrected chi connectivity index (χ4v) is 1.16. The molecule has 0 bridgehead atoms. The van der Waals surface area contributed by atoms with Gasteiger partial charge in [0.2, 0.25) is 0 Å². The first-order chi connectivity index (χ1) is 7.87. The van der Waals surface area contributed by atoms with Crippen molar-refractivity contribution in [2.75, 3.05) is 6.61 Å². The number of aromatic carboxylic acids is 1. The van der Waals surface area contributed by atoms with E-state index in [0.29, 0.717) is 0 Å². The lowest BCUT2D eigenvalue weighted by molar-refractivity contribution is 0.0687. The van der Waals surface area contributed by atoms with E-state index in [1.54, 1.807) is 13.8 Å². The summed E-state index contributed by atoms with van der Waals surface area (Å²) >= 11 is 0. The smallest absolute Gasteiger partial charge is 0.338 e. The number of rotatable bonds is 4. The monoisotopic (exact) mass is 238 g/mol. The third-order valence-electron chi connectivity index (χ3n) is 2.10. The van der Waals surface area contributed by atoms with Crippen molar-refractivity contribution in [2.45, 2.75) is 19.4 Å². The van der Waals surface area contributed by atoms with Gasteiger partial charge >= 0.3 is 5.97 Å². The molecule has 0 aliphatic heterocycles. The van der Waals surface area contributed by atoms with Gasteiger partial charge in [0.1, 0.15) is 5.69 Å². The molecule has 17 heavy (non-hydrogen) atoms. The molecule has 0 saturated carbocycles. The maximum Gasteiger partial charge on any atom is 0.338 e. The lowest BCUT2D eigenvalue weighted by atomic mass is 10.1. The summed E-state index contributed by atoms with van der Waals surface area (Å²) in [7, 11) is 0. The highest BCUT2D eigenvalue weighted by Crippen LogP contribution is 2.08. The fourth-order valence-electron chi connectivity index (χ4n) is 1.16. The van der Waals surface area contributed by atoms with E-state index in [4.69, 9.17) is 10.2 Å². The van der Waals surface area contributed by atoms with Crippen molar-refractivity contribution in [1.29, 1.82) is 0 Å². The average Bonchev–Trinajstić information content (AvgIpc) is 2.28. The number of nitrogens with one attached hydrogen (secondary N) is 1. The van der Waals surface area contributed by atoms with Crippen LogP contribution in [-0.4, -0.2) is 39.2 Å². The summed E-state index contributed by atoms with van der Waals surface area (Å²) in [4.78, 5) is 26.4. The molecule has 0 saturated heterocycles. The van der Waals surface area contributed by atoms with Crippen LogP contribution in [0.5, 0.6) is 0 Å². The van der Waals surface area contributed by atoms with Crippen LogP contribution in [-0.2, 0) is 0 Å². The van der Waals surface area contributed by atoms with Crippen LogP contribution in [0.25, 0.3) is 0 Å². The maximum absolute atomic E-state index is 11.8. The highest BCUT2D eigenvalue weighted by Gasteiger charge is 2.24. The van der Waals surface area contributed by atoms with E-state index in [-0.39, 0.29) is 17.9 Å². The molecule has 0 spiro atoms. The third kappa shape index (κ3) is 3.25. The molecular weight excluding hydrogens is 224 g/mol. The van der Waals surface area contributed by atoms with Crippen LogP contribution in [0, 0.1) is 0 Å². The van der Waals surface area contributed by atoms with E-state index in [0.717, 1.165) is 0 Å². The largest absolute Gasteiger partial charge is 0.478 e. The van der Waals surface area contributed by atoms with Gasteiger partial charge in [-0.3, -0.25) is 9.78 Å². The summed E-state index contributed by atoms with van der Waals surface area (Å²) < 4.78 is 0. The molecule has 3 N–H and O–H groups in total. The molecule has 0 unspecified atom stereocenters. The average molecular weight is 238 g/mol. The topological polar surface area (TPSA) is 99.5 Å². The first-order valence-corrected chi connectivity index (χ1v) is 4.99. The number of carboxylic acid groups (broad SMARTS) is 1. The number of hydrogen-bond donors (Lipinski definition) is 3. The van der Waals surface area contributed by atoms with Gasteiger partial charge in [-0.1, -0.05) is 0 Å². The van der Waals surface area contributed by atoms with Gasteiger partial charge in [-0.05, 0) is 26.0 Å². The third-order valence-corrected chi connectivity index (χ3v) is 2.10. The maximum atomic E-state index is 11.8. The molecule has 1 rings (SSSR count). The van der Waals surface area contributed by atoms with Crippen LogP contribution in [0.3, 0.4) is 0 Å². The number of carbonyl (C=O) groups is 2. The molecule has 0 fully saturated rings. The SMILES string of the molecule is CC(C)(CO)NC(=O)c1ncccc1C(=O)O. The molecule has 1 aromatic rings. The summed E-state index contributed by atoms with van der Waals surface area (Å²) in [6, 6.07) is 2.74. The van der Waals surface area contributed by atoms with Crippen molar-refractivity contribution < 1.29 is 19.8 Å². The van der Waals surface area contributed by atoms with E-state index >= 15 is 0 Å². The Labute approximate surface area is 98.3 Å². The number of nitrogens with zero attached hydrogens (tertiary/aromatic N) is 1. The van der Waals surface area contributed by atoms with Gasteiger partial charge in [-0.15, -0.1) is 0 Å². The summed E-state index contributed by atoms with van der Waals surface area (Å²) in [5, 5.41) is 20.4. The molecule has 92 valence electrons. The zero-order valence-corrected chi connectivity index (χ0v) is 9.60. The molecule has 1 heterocycles. The molecule has 6 heteroatoms. The molecule has 6 nitrogen and oxygen atoms in total. The number of hydrogen-bond acceptors (Lipinski definition) is 4. The van der Waals surface area contributed by atoms with Crippen molar-refractivity contribution in [1.82, 2.24) is 10.3 Å². The number of carboxylic acids is 1. The number of aromatic nitrogens is 1. The molecule has 0 aliphatic carbocycles. The van der Waals surface area contributed by atoms with Gasteiger partial charge in [-0.25, -0.2) is 4.79 Å². The minimum absolute atomic E-state index is 0.165. The van der Waals surface area contributed by atoms with E-state index in [1.807, 2.05) is 0 Å². The molecular formula is C11H14N2O4. The molecule has 0 radical (unpaired) electrons. The summed E-state index contributed by atoms with van der Waals surface area (Å²) in [5.41, 5.74) is -1.16. The summed E-state index contributed by atoms with van der Waals surface area (Å²) in [5.74, 6) is -1.84. The molecule has 1 amide bonds. The summed E-state index contributed by atoms with van der Waals surface area (Å²) in [6.07, 6.45) is 1.34. The van der Waals surface area contributed by atoms with Crippen molar-refractivity contribution in [3.8, 4) is 0 Å². The standard InChI is InChI=1S/C11H14N2O4/c1-11(2,6-14)13-9(15)8-7(10(16)17)4-3-5-12-8/h3-5,14H,6H2,1-2H3,(H,13,15)(H,16,17). The van der Waals surface area contributed by atoms with Crippen molar-refractivity contribution in [3.63, 3.8) is 0 Å². The van der Waals surface area contributed by atoms with E-state index in [9.17, 15) is 9.59 Å². The second-order valence-electron chi connectivity index (χ2n) is 4.20. The van der Waals surface area contributed by atoms with Gasteiger partial charge < -0.3 is 15.5 Å². The van der Waals surface area contributed by atoms with Gasteiger partial charge in [-0.2, -0.15) is 0 Å². The Bertz CT molecular complexity index is 443. The number of aliphatic hydroxyl groups excluding tert-OH is 1. The van der Waals surface area contributed by atoms with E-state index < -0.39 is 17.4 Å². The van der Waals surface area contributed by atoms with Crippen LogP contribution in [0.4, 0.5) is 0 Å². The van der Waals surface area contributed by atoms with Crippen LogP contribution < -0.4 is 5.32 Å². The molecule has 0 aromatic carbocycles. The van der Waals surface area contributed by atoms with Gasteiger partial charge in [0.15, 0.2) is 0 Å². The lowest BCUT2D eigenvalue weighted by Crippen LogP contribution is -2.46. The lowest BCUT2D eigenvalue weighted by Gasteiger charge is -2.23. The highest BCUT2D eigenvalue weighted by molar-refractivity contribution is 6.03. The van der Waals surface area contributed by atoms with Crippen LogP contribution in [0.15, 0.2) is 18.3 Å².